The summed E-state index contributed by atoms with van der Waals surface area (Å²) in [6.07, 6.45) is -0.475. The number of ether oxygens (including phenoxy) is 2. The van der Waals surface area contributed by atoms with Gasteiger partial charge in [-0.25, -0.2) is 13.1 Å². The summed E-state index contributed by atoms with van der Waals surface area (Å²) in [5, 5.41) is 10.1. The fourth-order valence-electron chi connectivity index (χ4n) is 2.24. The highest BCUT2D eigenvalue weighted by Gasteiger charge is 2.21. The number of methoxy groups -OCH3 is 2. The second-order valence-electron chi connectivity index (χ2n) is 5.21. The minimum atomic E-state index is -3.84. The van der Waals surface area contributed by atoms with Gasteiger partial charge in [0.05, 0.1) is 20.3 Å². The topological polar surface area (TPSA) is 84.9 Å². The molecule has 7 heteroatoms. The zero-order valence-corrected chi connectivity index (χ0v) is 14.4. The van der Waals surface area contributed by atoms with Gasteiger partial charge in [0.1, 0.15) is 16.4 Å². The molecule has 0 spiro atoms. The Balaban J connectivity index is 2.08. The summed E-state index contributed by atoms with van der Waals surface area (Å²) in [5.74, 6) is 0.613. The van der Waals surface area contributed by atoms with Crippen LogP contribution >= 0.6 is 0 Å². The van der Waals surface area contributed by atoms with E-state index in [9.17, 15) is 13.5 Å². The van der Waals surface area contributed by atoms with E-state index in [2.05, 4.69) is 4.72 Å². The molecule has 2 rings (SSSR count). The molecule has 6 nitrogen and oxygen atoms in total. The molecular weight excluding hydrogens is 330 g/mol. The fraction of sp³-hybridized carbons (Fsp3) is 0.294. The van der Waals surface area contributed by atoms with Gasteiger partial charge in [0.15, 0.2) is 0 Å². The molecule has 0 aliphatic carbocycles. The first-order valence-corrected chi connectivity index (χ1v) is 8.88. The number of benzene rings is 2. The lowest BCUT2D eigenvalue weighted by Crippen LogP contribution is -2.33. The second-order valence-corrected chi connectivity index (χ2v) is 6.95. The van der Waals surface area contributed by atoms with Gasteiger partial charge >= 0.3 is 0 Å². The molecule has 0 bridgehead atoms. The molecule has 0 radical (unpaired) electrons. The van der Waals surface area contributed by atoms with Crippen LogP contribution in [0.25, 0.3) is 0 Å². The predicted molar refractivity (Wildman–Crippen MR) is 90.9 cm³/mol. The summed E-state index contributed by atoms with van der Waals surface area (Å²) in [4.78, 5) is -0.0312. The van der Waals surface area contributed by atoms with Crippen molar-refractivity contribution in [2.24, 2.45) is 0 Å². The monoisotopic (exact) mass is 351 g/mol. The molecule has 0 saturated heterocycles. The average molecular weight is 351 g/mol. The molecule has 0 aliphatic heterocycles. The van der Waals surface area contributed by atoms with Gasteiger partial charge < -0.3 is 14.6 Å². The molecule has 0 aromatic heterocycles. The first-order chi connectivity index (χ1) is 11.5. The maximum Gasteiger partial charge on any atom is 0.244 e. The highest BCUT2D eigenvalue weighted by atomic mass is 32.2. The maximum absolute atomic E-state index is 12.5. The third-order valence-corrected chi connectivity index (χ3v) is 4.93. The first kappa shape index (κ1) is 18.3. The van der Waals surface area contributed by atoms with Crippen molar-refractivity contribution in [3.8, 4) is 11.5 Å². The lowest BCUT2D eigenvalue weighted by molar-refractivity contribution is 0.179. The van der Waals surface area contributed by atoms with Crippen LogP contribution in [0, 0.1) is 0 Å². The maximum atomic E-state index is 12.5. The zero-order valence-electron chi connectivity index (χ0n) is 13.6. The average Bonchev–Trinajstić information content (AvgIpc) is 2.60. The Morgan fingerprint density at radius 1 is 1.08 bits per heavy atom. The zero-order chi connectivity index (χ0) is 17.6. The Labute approximate surface area is 142 Å². The smallest absolute Gasteiger partial charge is 0.244 e. The Morgan fingerprint density at radius 2 is 1.79 bits per heavy atom. The van der Waals surface area contributed by atoms with Crippen molar-refractivity contribution in [1.29, 1.82) is 0 Å². The number of rotatable bonds is 8. The van der Waals surface area contributed by atoms with Gasteiger partial charge in [0, 0.05) is 12.6 Å². The molecule has 0 fully saturated rings. The molecule has 0 heterocycles. The molecule has 0 aliphatic rings. The lowest BCUT2D eigenvalue weighted by atomic mass is 10.1. The summed E-state index contributed by atoms with van der Waals surface area (Å²) in [6.45, 7) is -0.0996. The van der Waals surface area contributed by atoms with Crippen molar-refractivity contribution in [2.45, 2.75) is 17.4 Å². The summed E-state index contributed by atoms with van der Waals surface area (Å²) in [5.41, 5.74) is 0.933. The van der Waals surface area contributed by atoms with E-state index in [4.69, 9.17) is 9.47 Å². The Morgan fingerprint density at radius 3 is 2.42 bits per heavy atom. The van der Waals surface area contributed by atoms with Crippen molar-refractivity contribution in [3.63, 3.8) is 0 Å². The second kappa shape index (κ2) is 8.14. The summed E-state index contributed by atoms with van der Waals surface area (Å²) >= 11 is 0. The van der Waals surface area contributed by atoms with Crippen LogP contribution in [0.4, 0.5) is 0 Å². The van der Waals surface area contributed by atoms with E-state index in [1.54, 1.807) is 6.07 Å². The minimum absolute atomic E-state index is 0.0312. The molecular formula is C17H21NO5S. The van der Waals surface area contributed by atoms with Gasteiger partial charge in [-0.1, -0.05) is 30.3 Å². The molecule has 130 valence electrons. The van der Waals surface area contributed by atoms with Crippen molar-refractivity contribution in [1.82, 2.24) is 4.72 Å². The number of aliphatic hydroxyl groups excluding tert-OH is 1. The first-order valence-electron chi connectivity index (χ1n) is 7.40. The van der Waals surface area contributed by atoms with Gasteiger partial charge in [0.2, 0.25) is 10.0 Å². The molecule has 1 atom stereocenters. The van der Waals surface area contributed by atoms with E-state index in [-0.39, 0.29) is 17.2 Å². The molecule has 2 N–H and O–H groups in total. The number of sulfonamides is 1. The van der Waals surface area contributed by atoms with E-state index in [1.165, 1.54) is 26.4 Å². The quantitative estimate of drug-likeness (QED) is 0.754. The van der Waals surface area contributed by atoms with Gasteiger partial charge in [-0.3, -0.25) is 0 Å². The van der Waals surface area contributed by atoms with Crippen LogP contribution in [-0.4, -0.2) is 40.4 Å². The van der Waals surface area contributed by atoms with Gasteiger partial charge in [-0.15, -0.1) is 0 Å². The van der Waals surface area contributed by atoms with Crippen LogP contribution in [0.1, 0.15) is 5.56 Å². The highest BCUT2D eigenvalue weighted by molar-refractivity contribution is 7.89. The van der Waals surface area contributed by atoms with E-state index in [1.807, 2.05) is 30.3 Å². The van der Waals surface area contributed by atoms with Gasteiger partial charge in [-0.2, -0.15) is 0 Å². The summed E-state index contributed by atoms with van der Waals surface area (Å²) in [7, 11) is -0.990. The Kier molecular flexibility index (Phi) is 6.19. The number of aliphatic hydroxyl groups is 1. The van der Waals surface area contributed by atoms with Gasteiger partial charge in [-0.05, 0) is 24.1 Å². The van der Waals surface area contributed by atoms with E-state index < -0.39 is 16.1 Å². The molecule has 0 saturated carbocycles. The SMILES string of the molecule is COc1ccc(OC)c(S(=O)(=O)NCC(O)Cc2ccccc2)c1. The summed E-state index contributed by atoms with van der Waals surface area (Å²) in [6, 6.07) is 13.9. The molecule has 0 amide bonds. The van der Waals surface area contributed by atoms with E-state index in [0.29, 0.717) is 12.2 Å². The normalized spacial score (nSPS) is 12.6. The van der Waals surface area contributed by atoms with Crippen LogP contribution in [0.2, 0.25) is 0 Å². The van der Waals surface area contributed by atoms with Crippen LogP contribution in [0.3, 0.4) is 0 Å². The minimum Gasteiger partial charge on any atom is -0.497 e. The van der Waals surface area contributed by atoms with Crippen LogP contribution in [0.5, 0.6) is 11.5 Å². The van der Waals surface area contributed by atoms with Crippen LogP contribution in [-0.2, 0) is 16.4 Å². The molecule has 1 unspecified atom stereocenters. The van der Waals surface area contributed by atoms with Crippen LogP contribution < -0.4 is 14.2 Å². The number of hydrogen-bond acceptors (Lipinski definition) is 5. The lowest BCUT2D eigenvalue weighted by Gasteiger charge is -2.15. The van der Waals surface area contributed by atoms with Crippen molar-refractivity contribution >= 4 is 10.0 Å². The molecule has 24 heavy (non-hydrogen) atoms. The third-order valence-electron chi connectivity index (χ3n) is 3.48. The van der Waals surface area contributed by atoms with Crippen molar-refractivity contribution < 1.29 is 23.0 Å². The fourth-order valence-corrected chi connectivity index (χ4v) is 3.49. The molecule has 2 aromatic rings. The number of hydrogen-bond donors (Lipinski definition) is 2. The summed E-state index contributed by atoms with van der Waals surface area (Å²) < 4.78 is 37.5. The number of nitrogens with one attached hydrogen (secondary N) is 1. The molecule has 2 aromatic carbocycles. The standard InChI is InChI=1S/C17H21NO5S/c1-22-15-8-9-16(23-2)17(11-15)24(20,21)18-12-14(19)10-13-6-4-3-5-7-13/h3-9,11,14,18-19H,10,12H2,1-2H3. The third kappa shape index (κ3) is 4.70. The van der Waals surface area contributed by atoms with E-state index >= 15 is 0 Å². The largest absolute Gasteiger partial charge is 0.497 e. The van der Waals surface area contributed by atoms with Crippen molar-refractivity contribution in [3.05, 3.63) is 54.1 Å². The highest BCUT2D eigenvalue weighted by Crippen LogP contribution is 2.27. The Bertz CT molecular complexity index is 762. The Hall–Kier alpha value is -2.09. The van der Waals surface area contributed by atoms with Crippen LogP contribution in [0.15, 0.2) is 53.4 Å². The van der Waals surface area contributed by atoms with Gasteiger partial charge in [0.25, 0.3) is 0 Å². The van der Waals surface area contributed by atoms with Crippen molar-refractivity contribution in [2.75, 3.05) is 20.8 Å². The van der Waals surface area contributed by atoms with E-state index in [0.717, 1.165) is 5.56 Å². The predicted octanol–water partition coefficient (Wildman–Crippen LogP) is 1.59.